The number of hydrogen-bond donors (Lipinski definition) is 2. The van der Waals surface area contributed by atoms with Crippen LogP contribution in [0.3, 0.4) is 0 Å². The van der Waals surface area contributed by atoms with Gasteiger partial charge in [-0.25, -0.2) is 0 Å². The molecule has 6 heteroatoms. The number of amides is 3. The standard InChI is InChI=1S/C18H22N2O4/c21-15-4-2-1-3-14(15)19-18(24)13-7-5-12(6-8-13)11-20-16(22)9-10-17(20)23/h5-8,14-15,21H,1-4,9-11H2,(H,19,24)/t14-,15-/m1/s1. The molecular weight excluding hydrogens is 308 g/mol. The van der Waals surface area contributed by atoms with E-state index in [-0.39, 0.29) is 43.1 Å². The number of likely N-dealkylation sites (tertiary alicyclic amines) is 1. The Morgan fingerprint density at radius 3 is 2.33 bits per heavy atom. The lowest BCUT2D eigenvalue weighted by Gasteiger charge is -2.28. The van der Waals surface area contributed by atoms with Crippen LogP contribution in [0.5, 0.6) is 0 Å². The predicted octanol–water partition coefficient (Wildman–Crippen LogP) is 1.37. The number of aliphatic hydroxyl groups is 1. The van der Waals surface area contributed by atoms with Crippen LogP contribution in [0.15, 0.2) is 24.3 Å². The highest BCUT2D eigenvalue weighted by atomic mass is 16.3. The minimum Gasteiger partial charge on any atom is -0.391 e. The summed E-state index contributed by atoms with van der Waals surface area (Å²) >= 11 is 0. The van der Waals surface area contributed by atoms with Gasteiger partial charge in [0.25, 0.3) is 5.91 Å². The molecule has 1 saturated carbocycles. The van der Waals surface area contributed by atoms with Crippen LogP contribution >= 0.6 is 0 Å². The second kappa shape index (κ2) is 7.13. The normalized spacial score (nSPS) is 24.3. The van der Waals surface area contributed by atoms with Crippen LogP contribution in [0.25, 0.3) is 0 Å². The predicted molar refractivity (Wildman–Crippen MR) is 87.0 cm³/mol. The average molecular weight is 330 g/mol. The fourth-order valence-electron chi connectivity index (χ4n) is 3.27. The average Bonchev–Trinajstić information content (AvgIpc) is 2.89. The van der Waals surface area contributed by atoms with E-state index >= 15 is 0 Å². The Balaban J connectivity index is 1.60. The van der Waals surface area contributed by atoms with Gasteiger partial charge in [-0.1, -0.05) is 25.0 Å². The Labute approximate surface area is 140 Å². The number of aliphatic hydroxyl groups excluding tert-OH is 1. The summed E-state index contributed by atoms with van der Waals surface area (Å²) < 4.78 is 0. The Morgan fingerprint density at radius 1 is 1.08 bits per heavy atom. The highest BCUT2D eigenvalue weighted by molar-refractivity contribution is 6.01. The highest BCUT2D eigenvalue weighted by Crippen LogP contribution is 2.19. The molecule has 1 heterocycles. The van der Waals surface area contributed by atoms with Crippen molar-refractivity contribution in [1.82, 2.24) is 10.2 Å². The molecule has 1 aromatic rings. The largest absolute Gasteiger partial charge is 0.391 e. The van der Waals surface area contributed by atoms with Gasteiger partial charge in [0.2, 0.25) is 11.8 Å². The van der Waals surface area contributed by atoms with Gasteiger partial charge < -0.3 is 10.4 Å². The van der Waals surface area contributed by atoms with E-state index in [1.54, 1.807) is 24.3 Å². The number of rotatable bonds is 4. The van der Waals surface area contributed by atoms with Gasteiger partial charge in [0.15, 0.2) is 0 Å². The molecule has 3 rings (SSSR count). The Hall–Kier alpha value is -2.21. The lowest BCUT2D eigenvalue weighted by molar-refractivity contribution is -0.139. The minimum atomic E-state index is -0.478. The van der Waals surface area contributed by atoms with Gasteiger partial charge in [-0.2, -0.15) is 0 Å². The number of nitrogens with zero attached hydrogens (tertiary/aromatic N) is 1. The second-order valence-corrected chi connectivity index (χ2v) is 6.50. The maximum Gasteiger partial charge on any atom is 0.251 e. The third-order valence-corrected chi connectivity index (χ3v) is 4.76. The Morgan fingerprint density at radius 2 is 1.71 bits per heavy atom. The molecule has 0 bridgehead atoms. The summed E-state index contributed by atoms with van der Waals surface area (Å²) in [6, 6.07) is 6.69. The molecule has 1 aliphatic heterocycles. The van der Waals surface area contributed by atoms with Crippen molar-refractivity contribution in [2.45, 2.75) is 57.2 Å². The first-order chi connectivity index (χ1) is 11.5. The molecule has 2 aliphatic rings. The molecule has 3 amide bonds. The van der Waals surface area contributed by atoms with E-state index in [9.17, 15) is 19.5 Å². The lowest BCUT2D eigenvalue weighted by atomic mass is 9.92. The number of imide groups is 1. The van der Waals surface area contributed by atoms with Crippen LogP contribution < -0.4 is 5.32 Å². The van der Waals surface area contributed by atoms with Crippen molar-refractivity contribution in [2.24, 2.45) is 0 Å². The first-order valence-corrected chi connectivity index (χ1v) is 8.45. The number of carbonyl (C=O) groups is 3. The van der Waals surface area contributed by atoms with Crippen LogP contribution in [-0.2, 0) is 16.1 Å². The van der Waals surface area contributed by atoms with Crippen molar-refractivity contribution in [3.05, 3.63) is 35.4 Å². The van der Waals surface area contributed by atoms with E-state index in [0.29, 0.717) is 5.56 Å². The van der Waals surface area contributed by atoms with Gasteiger partial charge in [0.1, 0.15) is 0 Å². The molecule has 2 atom stereocenters. The molecule has 0 aromatic heterocycles. The fourth-order valence-corrected chi connectivity index (χ4v) is 3.27. The van der Waals surface area contributed by atoms with Crippen molar-refractivity contribution in [3.8, 4) is 0 Å². The fraction of sp³-hybridized carbons (Fsp3) is 0.500. The molecule has 0 radical (unpaired) electrons. The van der Waals surface area contributed by atoms with E-state index < -0.39 is 6.10 Å². The molecule has 1 aromatic carbocycles. The smallest absolute Gasteiger partial charge is 0.251 e. The molecule has 2 fully saturated rings. The molecule has 2 N–H and O–H groups in total. The molecule has 128 valence electrons. The van der Waals surface area contributed by atoms with Crippen molar-refractivity contribution in [1.29, 1.82) is 0 Å². The van der Waals surface area contributed by atoms with Gasteiger partial charge in [0, 0.05) is 18.4 Å². The third-order valence-electron chi connectivity index (χ3n) is 4.76. The minimum absolute atomic E-state index is 0.145. The summed E-state index contributed by atoms with van der Waals surface area (Å²) in [7, 11) is 0. The van der Waals surface area contributed by atoms with Gasteiger partial charge in [-0.05, 0) is 30.5 Å². The summed E-state index contributed by atoms with van der Waals surface area (Å²) in [5.41, 5.74) is 1.32. The van der Waals surface area contributed by atoms with E-state index in [1.165, 1.54) is 4.90 Å². The molecule has 1 aliphatic carbocycles. The van der Waals surface area contributed by atoms with E-state index in [0.717, 1.165) is 31.2 Å². The topological polar surface area (TPSA) is 86.7 Å². The van der Waals surface area contributed by atoms with Crippen LogP contribution in [0, 0.1) is 0 Å². The molecule has 24 heavy (non-hydrogen) atoms. The summed E-state index contributed by atoms with van der Waals surface area (Å²) in [5, 5.41) is 12.8. The summed E-state index contributed by atoms with van der Waals surface area (Å²) in [6.07, 6.45) is 3.61. The molecule has 1 saturated heterocycles. The maximum absolute atomic E-state index is 12.3. The van der Waals surface area contributed by atoms with Gasteiger partial charge in [-0.3, -0.25) is 19.3 Å². The van der Waals surface area contributed by atoms with Crippen LogP contribution in [0.2, 0.25) is 0 Å². The number of hydrogen-bond acceptors (Lipinski definition) is 4. The zero-order chi connectivity index (χ0) is 17.1. The van der Waals surface area contributed by atoms with Crippen LogP contribution in [-0.4, -0.2) is 39.9 Å². The van der Waals surface area contributed by atoms with Crippen molar-refractivity contribution in [2.75, 3.05) is 0 Å². The quantitative estimate of drug-likeness (QED) is 0.816. The van der Waals surface area contributed by atoms with E-state index in [4.69, 9.17) is 0 Å². The van der Waals surface area contributed by atoms with Crippen LogP contribution in [0.1, 0.15) is 54.4 Å². The van der Waals surface area contributed by atoms with Crippen molar-refractivity contribution in [3.63, 3.8) is 0 Å². The van der Waals surface area contributed by atoms with Crippen molar-refractivity contribution >= 4 is 17.7 Å². The van der Waals surface area contributed by atoms with Gasteiger partial charge in [0.05, 0.1) is 18.7 Å². The van der Waals surface area contributed by atoms with E-state index in [2.05, 4.69) is 5.32 Å². The zero-order valence-corrected chi connectivity index (χ0v) is 13.5. The summed E-state index contributed by atoms with van der Waals surface area (Å²) in [4.78, 5) is 36.8. The lowest BCUT2D eigenvalue weighted by Crippen LogP contribution is -2.45. The molecular formula is C18H22N2O4. The highest BCUT2D eigenvalue weighted by Gasteiger charge is 2.29. The molecule has 6 nitrogen and oxygen atoms in total. The summed E-state index contributed by atoms with van der Waals surface area (Å²) in [5.74, 6) is -0.498. The number of nitrogens with one attached hydrogen (secondary N) is 1. The first-order valence-electron chi connectivity index (χ1n) is 8.45. The second-order valence-electron chi connectivity index (χ2n) is 6.50. The Bertz CT molecular complexity index is 625. The van der Waals surface area contributed by atoms with E-state index in [1.807, 2.05) is 0 Å². The first kappa shape index (κ1) is 16.6. The van der Waals surface area contributed by atoms with Gasteiger partial charge >= 0.3 is 0 Å². The Kier molecular flexibility index (Phi) is 4.94. The monoisotopic (exact) mass is 330 g/mol. The maximum atomic E-state index is 12.3. The summed E-state index contributed by atoms with van der Waals surface area (Å²) in [6.45, 7) is 0.251. The zero-order valence-electron chi connectivity index (χ0n) is 13.5. The van der Waals surface area contributed by atoms with Gasteiger partial charge in [-0.15, -0.1) is 0 Å². The molecule has 0 spiro atoms. The number of carbonyl (C=O) groups excluding carboxylic acids is 3. The number of benzene rings is 1. The van der Waals surface area contributed by atoms with Crippen molar-refractivity contribution < 1.29 is 19.5 Å². The third kappa shape index (κ3) is 3.64. The molecule has 0 unspecified atom stereocenters. The SMILES string of the molecule is O=C(N[C@@H]1CCCC[C@H]1O)c1ccc(CN2C(=O)CCC2=O)cc1. The van der Waals surface area contributed by atoms with Crippen LogP contribution in [0.4, 0.5) is 0 Å².